The number of aromatic nitrogens is 3. The Hall–Kier alpha value is -2.31. The average molecular weight is 529 g/mol. The summed E-state index contributed by atoms with van der Waals surface area (Å²) in [7, 11) is -2.72. The van der Waals surface area contributed by atoms with Gasteiger partial charge in [0.1, 0.15) is 17.5 Å². The molecule has 0 radical (unpaired) electrons. The van der Waals surface area contributed by atoms with Crippen molar-refractivity contribution in [1.82, 2.24) is 14.8 Å². The fraction of sp³-hybridized carbons (Fsp3) is 0.429. The number of aliphatic imine (C=N–C) groups is 2. The molecule has 184 valence electrons. The predicted octanol–water partition coefficient (Wildman–Crippen LogP) is 4.12. The summed E-state index contributed by atoms with van der Waals surface area (Å²) in [5, 5.41) is 7.98. The molecular formula is C21H26Cl2N6O4S. The first-order chi connectivity index (χ1) is 16.2. The Labute approximate surface area is 208 Å². The predicted molar refractivity (Wildman–Crippen MR) is 134 cm³/mol. The minimum absolute atomic E-state index is 0.0261. The van der Waals surface area contributed by atoms with Gasteiger partial charge in [0, 0.05) is 24.9 Å². The quantitative estimate of drug-likeness (QED) is 0.386. The van der Waals surface area contributed by atoms with Crippen LogP contribution in [-0.2, 0) is 19.5 Å². The lowest BCUT2D eigenvalue weighted by atomic mass is 10.2. The van der Waals surface area contributed by atoms with E-state index >= 15 is 0 Å². The van der Waals surface area contributed by atoms with Crippen molar-refractivity contribution in [1.29, 1.82) is 0 Å². The number of methoxy groups -OCH3 is 1. The number of nitrogens with one attached hydrogen (secondary N) is 1. The van der Waals surface area contributed by atoms with Gasteiger partial charge in [0.2, 0.25) is 16.0 Å². The standard InChI is InChI=1S/C21H26Cl2N6O4S/c1-13(22)12-25-19(24-3)18(32-4)14(2)34(30,31)28-21-27-26-20(17-10-7-11-33-17)29(21)16-9-6-5-8-15(16)23/h5-6,8-9,12,14,17-18H,3,7,10-11H2,1-2,4H3,(H,27,28)/b13-12+,25-19?/t14-,17-,18-/m0/s1. The van der Waals surface area contributed by atoms with E-state index in [9.17, 15) is 8.42 Å². The number of halogens is 2. The van der Waals surface area contributed by atoms with E-state index in [-0.39, 0.29) is 17.9 Å². The second-order valence-corrected chi connectivity index (χ2v) is 10.6. The van der Waals surface area contributed by atoms with Crippen molar-refractivity contribution < 1.29 is 17.9 Å². The molecule has 34 heavy (non-hydrogen) atoms. The highest BCUT2D eigenvalue weighted by molar-refractivity contribution is 7.93. The van der Waals surface area contributed by atoms with E-state index in [1.807, 2.05) is 0 Å². The Kier molecular flexibility index (Phi) is 8.83. The molecule has 1 aliphatic heterocycles. The molecule has 2 heterocycles. The SMILES string of the molecule is C=NC(=N/C=C(\C)Cl)[C@@H](OC)[C@H](C)S(=O)(=O)Nc1nnc([C@@H]2CCCO2)n1-c1ccccc1Cl. The number of sulfonamides is 1. The monoisotopic (exact) mass is 528 g/mol. The summed E-state index contributed by atoms with van der Waals surface area (Å²) in [4.78, 5) is 7.92. The van der Waals surface area contributed by atoms with Gasteiger partial charge in [-0.2, -0.15) is 0 Å². The molecule has 1 N–H and O–H groups in total. The van der Waals surface area contributed by atoms with Crippen LogP contribution in [0.4, 0.5) is 5.95 Å². The Morgan fingerprint density at radius 1 is 1.41 bits per heavy atom. The molecule has 0 saturated carbocycles. The first-order valence-corrected chi connectivity index (χ1v) is 12.7. The van der Waals surface area contributed by atoms with Crippen molar-refractivity contribution in [2.24, 2.45) is 9.98 Å². The van der Waals surface area contributed by atoms with E-state index in [0.717, 1.165) is 12.8 Å². The maximum absolute atomic E-state index is 13.4. The summed E-state index contributed by atoms with van der Waals surface area (Å²) in [6.07, 6.45) is 1.57. The van der Waals surface area contributed by atoms with E-state index in [1.54, 1.807) is 35.8 Å². The Bertz CT molecular complexity index is 1190. The van der Waals surface area contributed by atoms with Crippen LogP contribution < -0.4 is 4.72 Å². The Balaban J connectivity index is 2.01. The summed E-state index contributed by atoms with van der Waals surface area (Å²) in [6.45, 7) is 7.14. The maximum Gasteiger partial charge on any atom is 0.243 e. The molecule has 1 fully saturated rings. The molecule has 0 aliphatic carbocycles. The number of amidine groups is 1. The van der Waals surface area contributed by atoms with Gasteiger partial charge in [0.15, 0.2) is 11.7 Å². The summed E-state index contributed by atoms with van der Waals surface area (Å²) in [6, 6.07) is 7.00. The molecule has 10 nitrogen and oxygen atoms in total. The maximum atomic E-state index is 13.4. The summed E-state index contributed by atoms with van der Waals surface area (Å²) in [5.41, 5.74) is 0.519. The van der Waals surface area contributed by atoms with Gasteiger partial charge in [-0.15, -0.1) is 10.2 Å². The van der Waals surface area contributed by atoms with Gasteiger partial charge >= 0.3 is 0 Å². The second-order valence-electron chi connectivity index (χ2n) is 7.54. The number of anilines is 1. The molecular weight excluding hydrogens is 503 g/mol. The van der Waals surface area contributed by atoms with Crippen molar-refractivity contribution in [3.8, 4) is 5.69 Å². The van der Waals surface area contributed by atoms with Crippen molar-refractivity contribution in [2.75, 3.05) is 18.4 Å². The van der Waals surface area contributed by atoms with Gasteiger partial charge in [-0.3, -0.25) is 9.29 Å². The number of rotatable bonds is 9. The number of hydrogen-bond acceptors (Lipinski definition) is 7. The number of nitrogens with zero attached hydrogens (tertiary/aromatic N) is 5. The first kappa shape index (κ1) is 26.3. The molecule has 0 unspecified atom stereocenters. The summed E-state index contributed by atoms with van der Waals surface area (Å²) in [5.74, 6) is 0.492. The van der Waals surface area contributed by atoms with E-state index in [1.165, 1.54) is 20.2 Å². The lowest BCUT2D eigenvalue weighted by molar-refractivity contribution is 0.103. The normalized spacial score (nSPS) is 19.1. The van der Waals surface area contributed by atoms with Crippen LogP contribution >= 0.6 is 23.2 Å². The van der Waals surface area contributed by atoms with Gasteiger partial charge in [0.25, 0.3) is 0 Å². The molecule has 0 bridgehead atoms. The molecule has 13 heteroatoms. The highest BCUT2D eigenvalue weighted by Gasteiger charge is 2.35. The number of para-hydroxylation sites is 1. The molecule has 3 rings (SSSR count). The van der Waals surface area contributed by atoms with Crippen LogP contribution in [-0.4, -0.2) is 60.8 Å². The zero-order valence-corrected chi connectivity index (χ0v) is 21.3. The average Bonchev–Trinajstić information content (AvgIpc) is 3.46. The highest BCUT2D eigenvalue weighted by Crippen LogP contribution is 2.33. The molecule has 1 saturated heterocycles. The van der Waals surface area contributed by atoms with Gasteiger partial charge in [-0.05, 0) is 45.5 Å². The third-order valence-corrected chi connectivity index (χ3v) is 7.30. The lowest BCUT2D eigenvalue weighted by Crippen LogP contribution is -2.41. The Morgan fingerprint density at radius 2 is 2.15 bits per heavy atom. The van der Waals surface area contributed by atoms with Gasteiger partial charge < -0.3 is 9.47 Å². The fourth-order valence-corrected chi connectivity index (χ4v) is 4.87. The molecule has 3 atom stereocenters. The van der Waals surface area contributed by atoms with Gasteiger partial charge in [-0.25, -0.2) is 18.4 Å². The van der Waals surface area contributed by atoms with Crippen LogP contribution in [0.2, 0.25) is 5.02 Å². The van der Waals surface area contributed by atoms with Crippen LogP contribution in [0.1, 0.15) is 38.6 Å². The Morgan fingerprint density at radius 3 is 2.74 bits per heavy atom. The largest absolute Gasteiger partial charge is 0.372 e. The van der Waals surface area contributed by atoms with Crippen molar-refractivity contribution >= 4 is 51.7 Å². The molecule has 1 aromatic carbocycles. The zero-order valence-electron chi connectivity index (χ0n) is 19.0. The number of hydrogen-bond donors (Lipinski definition) is 1. The number of allylic oxidation sites excluding steroid dienone is 1. The number of benzene rings is 1. The summed E-state index contributed by atoms with van der Waals surface area (Å²) >= 11 is 12.3. The smallest absolute Gasteiger partial charge is 0.243 e. The zero-order chi connectivity index (χ0) is 24.9. The first-order valence-electron chi connectivity index (χ1n) is 10.4. The highest BCUT2D eigenvalue weighted by atomic mass is 35.5. The van der Waals surface area contributed by atoms with E-state index in [4.69, 9.17) is 32.7 Å². The van der Waals surface area contributed by atoms with E-state index in [2.05, 4.69) is 31.6 Å². The topological polar surface area (TPSA) is 120 Å². The van der Waals surface area contributed by atoms with Crippen molar-refractivity contribution in [3.63, 3.8) is 0 Å². The van der Waals surface area contributed by atoms with Crippen LogP contribution in [0.3, 0.4) is 0 Å². The summed E-state index contributed by atoms with van der Waals surface area (Å²) < 4.78 is 42.0. The molecule has 2 aromatic rings. The molecule has 0 spiro atoms. The van der Waals surface area contributed by atoms with E-state index in [0.29, 0.717) is 28.2 Å². The molecule has 0 amide bonds. The minimum atomic E-state index is -4.08. The van der Waals surface area contributed by atoms with Crippen LogP contribution in [0.25, 0.3) is 5.69 Å². The molecule has 1 aliphatic rings. The minimum Gasteiger partial charge on any atom is -0.372 e. The second kappa shape index (κ2) is 11.4. The van der Waals surface area contributed by atoms with Crippen LogP contribution in [0, 0.1) is 0 Å². The van der Waals surface area contributed by atoms with Crippen LogP contribution in [0.5, 0.6) is 0 Å². The van der Waals surface area contributed by atoms with Crippen LogP contribution in [0.15, 0.2) is 45.5 Å². The third-order valence-electron chi connectivity index (χ3n) is 5.19. The van der Waals surface area contributed by atoms with E-state index < -0.39 is 21.4 Å². The third kappa shape index (κ3) is 5.84. The van der Waals surface area contributed by atoms with Crippen molar-refractivity contribution in [2.45, 2.75) is 44.1 Å². The molecule has 1 aromatic heterocycles. The van der Waals surface area contributed by atoms with Gasteiger partial charge in [-0.1, -0.05) is 35.3 Å². The number of ether oxygens (including phenoxy) is 2. The lowest BCUT2D eigenvalue weighted by Gasteiger charge is -2.23. The van der Waals surface area contributed by atoms with Gasteiger partial charge in [0.05, 0.1) is 10.7 Å². The fourth-order valence-electron chi connectivity index (χ4n) is 3.47. The van der Waals surface area contributed by atoms with Crippen molar-refractivity contribution in [3.05, 3.63) is 46.3 Å².